The number of hydrogen-bond acceptors (Lipinski definition) is 2. The van der Waals surface area contributed by atoms with Gasteiger partial charge in [-0.1, -0.05) is 29.8 Å². The zero-order chi connectivity index (χ0) is 18.2. The first kappa shape index (κ1) is 21.8. The molecule has 0 saturated carbocycles. The second-order valence-electron chi connectivity index (χ2n) is 6.14. The number of nitrogens with zero attached hydrogens (tertiary/aromatic N) is 1. The van der Waals surface area contributed by atoms with Gasteiger partial charge in [0.25, 0.3) is 0 Å². The number of aliphatic imine (C=N–C) groups is 1. The molecule has 6 nitrogen and oxygen atoms in total. The minimum Gasteiger partial charge on any atom is -0.370 e. The molecule has 26 heavy (non-hydrogen) atoms. The molecule has 0 aliphatic heterocycles. The number of nitrogens with one attached hydrogen (secondary N) is 3. The number of anilines is 2. The number of benzene rings is 2. The van der Waals surface area contributed by atoms with E-state index in [2.05, 4.69) is 20.9 Å². The van der Waals surface area contributed by atoms with Crippen molar-refractivity contribution in [2.24, 2.45) is 10.7 Å². The number of urea groups is 1. The fourth-order valence-corrected chi connectivity index (χ4v) is 2.12. The summed E-state index contributed by atoms with van der Waals surface area (Å²) in [6.45, 7) is 6.32. The zero-order valence-electron chi connectivity index (χ0n) is 15.2. The Labute approximate surface area is 171 Å². The second kappa shape index (κ2) is 10.6. The van der Waals surface area contributed by atoms with E-state index in [1.54, 1.807) is 0 Å². The number of aryl methyl sites for hydroxylation is 1. The van der Waals surface area contributed by atoms with Crippen LogP contribution in [0.5, 0.6) is 0 Å². The summed E-state index contributed by atoms with van der Waals surface area (Å²) in [7, 11) is 0. The lowest BCUT2D eigenvalue weighted by molar-refractivity contribution is 0.250. The summed E-state index contributed by atoms with van der Waals surface area (Å²) in [4.78, 5) is 16.0. The molecule has 2 rings (SSSR count). The van der Waals surface area contributed by atoms with Gasteiger partial charge in [0.05, 0.1) is 6.54 Å². The second-order valence-corrected chi connectivity index (χ2v) is 6.14. The number of guanidine groups is 1. The summed E-state index contributed by atoms with van der Waals surface area (Å²) >= 11 is 0. The monoisotopic (exact) mass is 467 g/mol. The van der Waals surface area contributed by atoms with Gasteiger partial charge < -0.3 is 21.7 Å². The number of halogens is 1. The number of rotatable bonds is 5. The van der Waals surface area contributed by atoms with Crippen molar-refractivity contribution in [2.75, 3.05) is 10.6 Å². The third-order valence-electron chi connectivity index (χ3n) is 3.39. The van der Waals surface area contributed by atoms with Gasteiger partial charge in [-0.2, -0.15) is 0 Å². The largest absolute Gasteiger partial charge is 0.370 e. The highest BCUT2D eigenvalue weighted by Crippen LogP contribution is 2.11. The lowest BCUT2D eigenvalue weighted by Crippen LogP contribution is -2.34. The molecule has 0 atom stereocenters. The topological polar surface area (TPSA) is 91.5 Å². The van der Waals surface area contributed by atoms with E-state index in [4.69, 9.17) is 5.73 Å². The van der Waals surface area contributed by atoms with Crippen LogP contribution in [-0.2, 0) is 6.54 Å². The Kier molecular flexibility index (Phi) is 8.91. The Hall–Kier alpha value is -2.29. The lowest BCUT2D eigenvalue weighted by atomic mass is 10.2. The van der Waals surface area contributed by atoms with Gasteiger partial charge in [0.15, 0.2) is 5.96 Å². The van der Waals surface area contributed by atoms with Gasteiger partial charge in [-0.15, -0.1) is 24.0 Å². The lowest BCUT2D eigenvalue weighted by Gasteiger charge is -2.10. The Morgan fingerprint density at radius 2 is 1.54 bits per heavy atom. The Morgan fingerprint density at radius 1 is 1.00 bits per heavy atom. The first-order chi connectivity index (χ1) is 11.9. The van der Waals surface area contributed by atoms with Crippen molar-refractivity contribution in [3.05, 3.63) is 59.7 Å². The molecule has 0 bridgehead atoms. The molecule has 2 aromatic carbocycles. The minimum absolute atomic E-state index is 0. The first-order valence-corrected chi connectivity index (χ1v) is 8.22. The third kappa shape index (κ3) is 7.73. The summed E-state index contributed by atoms with van der Waals surface area (Å²) in [6.07, 6.45) is 0. The van der Waals surface area contributed by atoms with Crippen LogP contribution in [0.15, 0.2) is 53.5 Å². The molecule has 140 valence electrons. The number of carbonyl (C=O) groups excluding carboxylic acids is 1. The van der Waals surface area contributed by atoms with Crippen molar-refractivity contribution in [3.8, 4) is 0 Å². The molecule has 0 spiro atoms. The fourth-order valence-electron chi connectivity index (χ4n) is 2.12. The molecule has 0 saturated heterocycles. The van der Waals surface area contributed by atoms with E-state index in [0.29, 0.717) is 12.5 Å². The fraction of sp³-hybridized carbons (Fsp3) is 0.263. The highest BCUT2D eigenvalue weighted by molar-refractivity contribution is 14.0. The Morgan fingerprint density at radius 3 is 2.12 bits per heavy atom. The van der Waals surface area contributed by atoms with Crippen LogP contribution in [0.3, 0.4) is 0 Å². The third-order valence-corrected chi connectivity index (χ3v) is 3.39. The number of nitrogens with two attached hydrogens (primary N) is 1. The molecule has 0 aromatic heterocycles. The molecule has 5 N–H and O–H groups in total. The molecule has 0 unspecified atom stereocenters. The molecular weight excluding hydrogens is 441 g/mol. The van der Waals surface area contributed by atoms with Crippen LogP contribution in [0.1, 0.15) is 25.0 Å². The molecule has 2 aromatic rings. The van der Waals surface area contributed by atoms with Crippen molar-refractivity contribution in [1.29, 1.82) is 0 Å². The van der Waals surface area contributed by atoms with E-state index in [9.17, 15) is 4.79 Å². The van der Waals surface area contributed by atoms with E-state index < -0.39 is 0 Å². The van der Waals surface area contributed by atoms with Gasteiger partial charge in [-0.05, 0) is 50.6 Å². The molecule has 7 heteroatoms. The van der Waals surface area contributed by atoms with Crippen LogP contribution < -0.4 is 21.7 Å². The standard InChI is InChI=1S/C19H25N5O.HI/c1-13(2)22-19(25)24-17-10-6-15(7-11-17)12-21-18(20)23-16-8-4-14(3)5-9-16;/h4-11,13H,12H2,1-3H3,(H3,20,21,23)(H2,22,24,25);1H. The first-order valence-electron chi connectivity index (χ1n) is 8.22. The van der Waals surface area contributed by atoms with E-state index in [1.807, 2.05) is 69.3 Å². The van der Waals surface area contributed by atoms with Gasteiger partial charge in [-0.25, -0.2) is 9.79 Å². The van der Waals surface area contributed by atoms with Crippen LogP contribution in [0.2, 0.25) is 0 Å². The van der Waals surface area contributed by atoms with Gasteiger partial charge in [0.2, 0.25) is 0 Å². The average molecular weight is 467 g/mol. The zero-order valence-corrected chi connectivity index (χ0v) is 17.6. The summed E-state index contributed by atoms with van der Waals surface area (Å²) < 4.78 is 0. The average Bonchev–Trinajstić information content (AvgIpc) is 2.55. The summed E-state index contributed by atoms with van der Waals surface area (Å²) in [6, 6.07) is 15.3. The number of hydrogen-bond donors (Lipinski definition) is 4. The molecule has 0 fully saturated rings. The van der Waals surface area contributed by atoms with Crippen LogP contribution in [0.4, 0.5) is 16.2 Å². The van der Waals surface area contributed by atoms with E-state index in [1.165, 1.54) is 5.56 Å². The highest BCUT2D eigenvalue weighted by atomic mass is 127. The maximum atomic E-state index is 11.6. The van der Waals surface area contributed by atoms with Crippen LogP contribution in [-0.4, -0.2) is 18.0 Å². The summed E-state index contributed by atoms with van der Waals surface area (Å²) in [5.74, 6) is 0.363. The van der Waals surface area contributed by atoms with E-state index in [-0.39, 0.29) is 36.0 Å². The molecule has 0 aliphatic carbocycles. The van der Waals surface area contributed by atoms with Gasteiger partial charge in [0.1, 0.15) is 0 Å². The van der Waals surface area contributed by atoms with Crippen molar-refractivity contribution in [3.63, 3.8) is 0 Å². The van der Waals surface area contributed by atoms with Gasteiger partial charge >= 0.3 is 6.03 Å². The maximum Gasteiger partial charge on any atom is 0.319 e. The van der Waals surface area contributed by atoms with Crippen LogP contribution in [0, 0.1) is 6.92 Å². The van der Waals surface area contributed by atoms with Crippen molar-refractivity contribution in [2.45, 2.75) is 33.4 Å². The maximum absolute atomic E-state index is 11.6. The molecule has 0 radical (unpaired) electrons. The Balaban J connectivity index is 0.00000338. The highest BCUT2D eigenvalue weighted by Gasteiger charge is 2.03. The predicted octanol–water partition coefficient (Wildman–Crippen LogP) is 4.07. The van der Waals surface area contributed by atoms with E-state index >= 15 is 0 Å². The van der Waals surface area contributed by atoms with Crippen molar-refractivity contribution < 1.29 is 4.79 Å². The predicted molar refractivity (Wildman–Crippen MR) is 119 cm³/mol. The summed E-state index contributed by atoms with van der Waals surface area (Å²) in [5, 5.41) is 8.61. The van der Waals surface area contributed by atoms with Crippen LogP contribution >= 0.6 is 24.0 Å². The van der Waals surface area contributed by atoms with Crippen LogP contribution in [0.25, 0.3) is 0 Å². The Bertz CT molecular complexity index is 727. The minimum atomic E-state index is -0.215. The number of carbonyl (C=O) groups is 1. The van der Waals surface area contributed by atoms with Gasteiger partial charge in [0, 0.05) is 17.4 Å². The normalized spacial score (nSPS) is 10.8. The smallest absolute Gasteiger partial charge is 0.319 e. The van der Waals surface area contributed by atoms with Crippen molar-refractivity contribution in [1.82, 2.24) is 5.32 Å². The summed E-state index contributed by atoms with van der Waals surface area (Å²) in [5.41, 5.74) is 9.74. The molecule has 0 aliphatic rings. The molecule has 2 amide bonds. The van der Waals surface area contributed by atoms with E-state index in [0.717, 1.165) is 16.9 Å². The number of amides is 2. The quantitative estimate of drug-likeness (QED) is 0.304. The van der Waals surface area contributed by atoms with Crippen molar-refractivity contribution >= 4 is 47.3 Å². The SMILES string of the molecule is Cc1ccc(NC(N)=NCc2ccc(NC(=O)NC(C)C)cc2)cc1.I. The molecule has 0 heterocycles. The molecular formula is C19H26IN5O. The van der Waals surface area contributed by atoms with Gasteiger partial charge in [-0.3, -0.25) is 0 Å².